The molecule has 0 fully saturated rings. The van der Waals surface area contributed by atoms with E-state index >= 15 is 0 Å². The molecule has 1 aromatic carbocycles. The quantitative estimate of drug-likeness (QED) is 0.834. The fourth-order valence-corrected chi connectivity index (χ4v) is 3.03. The lowest BCUT2D eigenvalue weighted by atomic mass is 9.96. The average molecular weight is 359 g/mol. The van der Waals surface area contributed by atoms with Crippen LogP contribution in [0, 0.1) is 5.92 Å². The molecule has 1 aromatic heterocycles. The first-order valence-electron chi connectivity index (χ1n) is 8.26. The Hall–Kier alpha value is -3.03. The van der Waals surface area contributed by atoms with Gasteiger partial charge in [-0.3, -0.25) is 18.7 Å². The summed E-state index contributed by atoms with van der Waals surface area (Å²) in [5.41, 5.74) is 0.0117. The van der Waals surface area contributed by atoms with E-state index in [9.17, 15) is 14.4 Å². The molecule has 0 radical (unpaired) electrons. The van der Waals surface area contributed by atoms with Crippen LogP contribution in [0.15, 0.2) is 33.9 Å². The van der Waals surface area contributed by atoms with Crippen molar-refractivity contribution in [2.45, 2.75) is 6.42 Å². The van der Waals surface area contributed by atoms with E-state index in [1.54, 1.807) is 7.11 Å². The number of aromatic nitrogens is 2. The molecule has 2 aromatic rings. The molecule has 1 N–H and O–H groups in total. The molecule has 0 aliphatic carbocycles. The van der Waals surface area contributed by atoms with Gasteiger partial charge in [-0.1, -0.05) is 12.1 Å². The third-order valence-corrected chi connectivity index (χ3v) is 4.56. The average Bonchev–Trinajstić information content (AvgIpc) is 2.66. The van der Waals surface area contributed by atoms with E-state index in [-0.39, 0.29) is 11.6 Å². The Kier molecular flexibility index (Phi) is 4.83. The molecule has 0 spiro atoms. The number of hydrogen-bond acceptors (Lipinski definition) is 5. The van der Waals surface area contributed by atoms with E-state index in [1.807, 2.05) is 18.2 Å². The van der Waals surface area contributed by atoms with Gasteiger partial charge in [0.1, 0.15) is 5.69 Å². The van der Waals surface area contributed by atoms with Crippen molar-refractivity contribution >= 4 is 5.91 Å². The van der Waals surface area contributed by atoms with Crippen LogP contribution in [0.1, 0.15) is 16.1 Å². The molecule has 26 heavy (non-hydrogen) atoms. The van der Waals surface area contributed by atoms with Gasteiger partial charge in [0.05, 0.1) is 13.7 Å². The number of benzene rings is 1. The molecule has 0 saturated carbocycles. The summed E-state index contributed by atoms with van der Waals surface area (Å²) in [5, 5.41) is 2.78. The summed E-state index contributed by atoms with van der Waals surface area (Å²) in [6, 6.07) is 6.87. The highest BCUT2D eigenvalue weighted by molar-refractivity contribution is 5.92. The van der Waals surface area contributed by atoms with Crippen molar-refractivity contribution in [2.24, 2.45) is 20.0 Å². The van der Waals surface area contributed by atoms with Crippen molar-refractivity contribution in [2.75, 3.05) is 20.3 Å². The van der Waals surface area contributed by atoms with Gasteiger partial charge in [0.15, 0.2) is 11.5 Å². The Balaban J connectivity index is 1.70. The molecular weight excluding hydrogens is 338 g/mol. The standard InChI is InChI=1S/C18H21N3O5/c1-20-13(8-15(22)21(2)18(20)24)17(23)19-9-11-7-12-5-4-6-14(25-3)16(12)26-10-11/h4-6,8,11H,7,9-10H2,1-3H3,(H,19,23). The summed E-state index contributed by atoms with van der Waals surface area (Å²) >= 11 is 0. The van der Waals surface area contributed by atoms with Crippen molar-refractivity contribution in [3.05, 3.63) is 56.4 Å². The highest BCUT2D eigenvalue weighted by atomic mass is 16.5. The number of hydrogen-bond donors (Lipinski definition) is 1. The van der Waals surface area contributed by atoms with Gasteiger partial charge >= 0.3 is 5.69 Å². The maximum Gasteiger partial charge on any atom is 0.331 e. The molecular formula is C18H21N3O5. The molecule has 0 saturated heterocycles. The second kappa shape index (κ2) is 7.07. The third-order valence-electron chi connectivity index (χ3n) is 4.56. The number of fused-ring (bicyclic) bond motifs is 1. The van der Waals surface area contributed by atoms with E-state index in [0.717, 1.165) is 32.9 Å². The number of methoxy groups -OCH3 is 1. The topological polar surface area (TPSA) is 91.6 Å². The maximum absolute atomic E-state index is 12.4. The maximum atomic E-state index is 12.4. The molecule has 1 aliphatic heterocycles. The lowest BCUT2D eigenvalue weighted by molar-refractivity contribution is 0.0928. The minimum absolute atomic E-state index is 0.0388. The normalized spacial score (nSPS) is 15.7. The summed E-state index contributed by atoms with van der Waals surface area (Å²) in [4.78, 5) is 36.1. The van der Waals surface area contributed by atoms with Crippen molar-refractivity contribution in [3.63, 3.8) is 0 Å². The Morgan fingerprint density at radius 1 is 1.31 bits per heavy atom. The van der Waals surface area contributed by atoms with E-state index in [1.165, 1.54) is 14.1 Å². The Morgan fingerprint density at radius 3 is 2.81 bits per heavy atom. The number of para-hydroxylation sites is 1. The summed E-state index contributed by atoms with van der Waals surface area (Å²) in [5.74, 6) is 1.06. The monoisotopic (exact) mass is 359 g/mol. The third kappa shape index (κ3) is 3.22. The number of ether oxygens (including phenoxy) is 2. The SMILES string of the molecule is COc1cccc2c1OCC(CNC(=O)c1cc(=O)n(C)c(=O)n1C)C2. The van der Waals surface area contributed by atoms with Crippen LogP contribution in [0.4, 0.5) is 0 Å². The molecule has 1 aliphatic rings. The van der Waals surface area contributed by atoms with Gasteiger partial charge in [-0.2, -0.15) is 0 Å². The summed E-state index contributed by atoms with van der Waals surface area (Å²) in [6.45, 7) is 0.821. The minimum Gasteiger partial charge on any atom is -0.493 e. The van der Waals surface area contributed by atoms with Gasteiger partial charge in [-0.05, 0) is 18.1 Å². The predicted molar refractivity (Wildman–Crippen MR) is 94.9 cm³/mol. The number of nitrogens with zero attached hydrogens (tertiary/aromatic N) is 2. The van der Waals surface area contributed by atoms with Crippen molar-refractivity contribution in [1.82, 2.24) is 14.5 Å². The lowest BCUT2D eigenvalue weighted by Gasteiger charge is -2.26. The molecule has 0 bridgehead atoms. The zero-order valence-corrected chi connectivity index (χ0v) is 14.9. The number of nitrogens with one attached hydrogen (secondary N) is 1. The summed E-state index contributed by atoms with van der Waals surface area (Å²) in [6.07, 6.45) is 0.738. The molecule has 1 unspecified atom stereocenters. The molecule has 8 heteroatoms. The van der Waals surface area contributed by atoms with Crippen LogP contribution in [-0.4, -0.2) is 35.3 Å². The highest BCUT2D eigenvalue weighted by Crippen LogP contribution is 2.35. The van der Waals surface area contributed by atoms with Crippen LogP contribution in [0.5, 0.6) is 11.5 Å². The smallest absolute Gasteiger partial charge is 0.331 e. The predicted octanol–water partition coefficient (Wildman–Crippen LogP) is 0.0737. The number of carbonyl (C=O) groups excluding carboxylic acids is 1. The number of amides is 1. The van der Waals surface area contributed by atoms with Crippen molar-refractivity contribution in [3.8, 4) is 11.5 Å². The van der Waals surface area contributed by atoms with Crippen LogP contribution in [0.2, 0.25) is 0 Å². The van der Waals surface area contributed by atoms with E-state index < -0.39 is 17.2 Å². The van der Waals surface area contributed by atoms with E-state index in [0.29, 0.717) is 18.9 Å². The van der Waals surface area contributed by atoms with Crippen LogP contribution in [0.25, 0.3) is 0 Å². The molecule has 1 amide bonds. The van der Waals surface area contributed by atoms with Gasteiger partial charge in [0, 0.05) is 32.6 Å². The first-order chi connectivity index (χ1) is 12.4. The molecule has 138 valence electrons. The molecule has 2 heterocycles. The zero-order valence-electron chi connectivity index (χ0n) is 14.9. The molecule has 8 nitrogen and oxygen atoms in total. The first-order valence-corrected chi connectivity index (χ1v) is 8.26. The Labute approximate surface area is 150 Å². The van der Waals surface area contributed by atoms with Gasteiger partial charge in [-0.25, -0.2) is 4.79 Å². The van der Waals surface area contributed by atoms with Gasteiger partial charge < -0.3 is 14.8 Å². The number of carbonyl (C=O) groups is 1. The number of rotatable bonds is 4. The lowest BCUT2D eigenvalue weighted by Crippen LogP contribution is -2.42. The molecule has 3 rings (SSSR count). The second-order valence-corrected chi connectivity index (χ2v) is 6.31. The highest BCUT2D eigenvalue weighted by Gasteiger charge is 2.23. The summed E-state index contributed by atoms with van der Waals surface area (Å²) in [7, 11) is 4.43. The van der Waals surface area contributed by atoms with Crippen LogP contribution in [0.3, 0.4) is 0 Å². The second-order valence-electron chi connectivity index (χ2n) is 6.31. The van der Waals surface area contributed by atoms with E-state index in [2.05, 4.69) is 5.32 Å². The fourth-order valence-electron chi connectivity index (χ4n) is 3.03. The summed E-state index contributed by atoms with van der Waals surface area (Å²) < 4.78 is 13.2. The van der Waals surface area contributed by atoms with E-state index in [4.69, 9.17) is 9.47 Å². The van der Waals surface area contributed by atoms with Gasteiger partial charge in [0.2, 0.25) is 0 Å². The van der Waals surface area contributed by atoms with Crippen molar-refractivity contribution < 1.29 is 14.3 Å². The van der Waals surface area contributed by atoms with Crippen LogP contribution < -0.4 is 26.0 Å². The fraction of sp³-hybridized carbons (Fsp3) is 0.389. The minimum atomic E-state index is -0.537. The van der Waals surface area contributed by atoms with Gasteiger partial charge in [0.25, 0.3) is 11.5 Å². The Bertz CT molecular complexity index is 960. The van der Waals surface area contributed by atoms with Crippen LogP contribution in [-0.2, 0) is 20.5 Å². The van der Waals surface area contributed by atoms with Gasteiger partial charge in [-0.15, -0.1) is 0 Å². The zero-order chi connectivity index (χ0) is 18.8. The largest absolute Gasteiger partial charge is 0.493 e. The Morgan fingerprint density at radius 2 is 2.08 bits per heavy atom. The molecule has 1 atom stereocenters. The first kappa shape index (κ1) is 17.8. The van der Waals surface area contributed by atoms with Crippen LogP contribution >= 0.6 is 0 Å². The van der Waals surface area contributed by atoms with Crippen molar-refractivity contribution in [1.29, 1.82) is 0 Å².